The molecular weight excluding hydrogens is 244 g/mol. The normalized spacial score (nSPS) is 21.3. The lowest BCUT2D eigenvalue weighted by atomic mass is 10.0. The van der Waals surface area contributed by atoms with E-state index in [0.717, 1.165) is 17.5 Å². The maximum Gasteiger partial charge on any atom is 0.0407 e. The van der Waals surface area contributed by atoms with Gasteiger partial charge in [0, 0.05) is 29.8 Å². The van der Waals surface area contributed by atoms with Crippen molar-refractivity contribution < 1.29 is 0 Å². The lowest BCUT2D eigenvalue weighted by Gasteiger charge is -2.20. The van der Waals surface area contributed by atoms with E-state index >= 15 is 0 Å². The van der Waals surface area contributed by atoms with Gasteiger partial charge in [-0.1, -0.05) is 18.5 Å². The molecule has 0 aliphatic carbocycles. The molecule has 0 radical (unpaired) electrons. The van der Waals surface area contributed by atoms with Gasteiger partial charge in [0.2, 0.25) is 0 Å². The van der Waals surface area contributed by atoms with Crippen LogP contribution in [0.2, 0.25) is 5.02 Å². The Labute approximate surface area is 115 Å². The van der Waals surface area contributed by atoms with Gasteiger partial charge in [0.05, 0.1) is 0 Å². The molecule has 1 aliphatic rings. The van der Waals surface area contributed by atoms with Crippen LogP contribution in [0.3, 0.4) is 0 Å². The largest absolute Gasteiger partial charge is 0.371 e. The molecule has 1 fully saturated rings. The van der Waals surface area contributed by atoms with Crippen LogP contribution in [0.5, 0.6) is 0 Å². The molecule has 1 aromatic rings. The van der Waals surface area contributed by atoms with E-state index in [9.17, 15) is 0 Å². The number of rotatable bonds is 5. The van der Waals surface area contributed by atoms with Gasteiger partial charge in [-0.2, -0.15) is 0 Å². The van der Waals surface area contributed by atoms with Gasteiger partial charge in [-0.05, 0) is 56.5 Å². The summed E-state index contributed by atoms with van der Waals surface area (Å²) >= 11 is 5.92. The SMILES string of the molecule is CCNC(C)CC1CCN(c2ccc(Cl)cc2)C1. The molecule has 3 heteroatoms. The van der Waals surface area contributed by atoms with Crippen LogP contribution >= 0.6 is 11.6 Å². The molecule has 0 saturated carbocycles. The zero-order valence-electron chi connectivity index (χ0n) is 11.3. The van der Waals surface area contributed by atoms with Crippen LogP contribution in [0.25, 0.3) is 0 Å². The second-order valence-electron chi connectivity index (χ2n) is 5.27. The fourth-order valence-corrected chi connectivity index (χ4v) is 2.97. The number of nitrogens with one attached hydrogen (secondary N) is 1. The van der Waals surface area contributed by atoms with Crippen LogP contribution in [0.1, 0.15) is 26.7 Å². The highest BCUT2D eigenvalue weighted by Crippen LogP contribution is 2.27. The summed E-state index contributed by atoms with van der Waals surface area (Å²) in [5, 5.41) is 4.31. The Balaban J connectivity index is 1.86. The van der Waals surface area contributed by atoms with E-state index in [1.807, 2.05) is 12.1 Å². The van der Waals surface area contributed by atoms with Crippen LogP contribution < -0.4 is 10.2 Å². The second-order valence-corrected chi connectivity index (χ2v) is 5.71. The lowest BCUT2D eigenvalue weighted by Crippen LogP contribution is -2.29. The maximum atomic E-state index is 5.92. The number of halogens is 1. The van der Waals surface area contributed by atoms with Gasteiger partial charge in [0.25, 0.3) is 0 Å². The molecule has 0 amide bonds. The minimum Gasteiger partial charge on any atom is -0.371 e. The van der Waals surface area contributed by atoms with Crippen LogP contribution in [0, 0.1) is 5.92 Å². The van der Waals surface area contributed by atoms with Crippen LogP contribution in [0.15, 0.2) is 24.3 Å². The summed E-state index contributed by atoms with van der Waals surface area (Å²) in [7, 11) is 0. The molecule has 2 unspecified atom stereocenters. The molecule has 1 aromatic carbocycles. The van der Waals surface area contributed by atoms with Crippen molar-refractivity contribution in [2.24, 2.45) is 5.92 Å². The Morgan fingerprint density at radius 1 is 1.39 bits per heavy atom. The highest BCUT2D eigenvalue weighted by molar-refractivity contribution is 6.30. The van der Waals surface area contributed by atoms with E-state index in [2.05, 4.69) is 36.2 Å². The number of nitrogens with zero attached hydrogens (tertiary/aromatic N) is 1. The first-order chi connectivity index (χ1) is 8.69. The fraction of sp³-hybridized carbons (Fsp3) is 0.600. The summed E-state index contributed by atoms with van der Waals surface area (Å²) in [5.74, 6) is 0.815. The molecule has 0 bridgehead atoms. The van der Waals surface area contributed by atoms with Crippen LogP contribution in [-0.4, -0.2) is 25.7 Å². The predicted octanol–water partition coefficient (Wildman–Crippen LogP) is 3.55. The average Bonchev–Trinajstić information content (AvgIpc) is 2.78. The Bertz CT molecular complexity index is 363. The van der Waals surface area contributed by atoms with Crippen molar-refractivity contribution in [3.63, 3.8) is 0 Å². The third kappa shape index (κ3) is 3.63. The summed E-state index contributed by atoms with van der Waals surface area (Å²) in [6.07, 6.45) is 2.58. The zero-order valence-corrected chi connectivity index (χ0v) is 12.1. The zero-order chi connectivity index (χ0) is 13.0. The first-order valence-corrected chi connectivity index (χ1v) is 7.30. The van der Waals surface area contributed by atoms with E-state index in [4.69, 9.17) is 11.6 Å². The van der Waals surface area contributed by atoms with Crippen molar-refractivity contribution in [2.75, 3.05) is 24.5 Å². The van der Waals surface area contributed by atoms with Crippen LogP contribution in [-0.2, 0) is 0 Å². The smallest absolute Gasteiger partial charge is 0.0407 e. The molecule has 1 aliphatic heterocycles. The molecule has 2 rings (SSSR count). The molecule has 1 saturated heterocycles. The van der Waals surface area contributed by atoms with Gasteiger partial charge >= 0.3 is 0 Å². The highest BCUT2D eigenvalue weighted by atomic mass is 35.5. The van der Waals surface area contributed by atoms with Crippen molar-refractivity contribution in [3.8, 4) is 0 Å². The fourth-order valence-electron chi connectivity index (χ4n) is 2.84. The van der Waals surface area contributed by atoms with Gasteiger partial charge in [-0.15, -0.1) is 0 Å². The molecule has 0 aromatic heterocycles. The Kier molecular flexibility index (Phi) is 4.90. The van der Waals surface area contributed by atoms with Gasteiger partial charge in [-0.3, -0.25) is 0 Å². The van der Waals surface area contributed by atoms with Crippen molar-refractivity contribution in [1.82, 2.24) is 5.32 Å². The Morgan fingerprint density at radius 2 is 2.11 bits per heavy atom. The quantitative estimate of drug-likeness (QED) is 0.877. The van der Waals surface area contributed by atoms with E-state index in [1.165, 1.54) is 31.6 Å². The molecule has 0 spiro atoms. The van der Waals surface area contributed by atoms with Crippen molar-refractivity contribution in [1.29, 1.82) is 0 Å². The molecule has 18 heavy (non-hydrogen) atoms. The summed E-state index contributed by atoms with van der Waals surface area (Å²) in [5.41, 5.74) is 1.30. The van der Waals surface area contributed by atoms with Gasteiger partial charge in [0.15, 0.2) is 0 Å². The topological polar surface area (TPSA) is 15.3 Å². The predicted molar refractivity (Wildman–Crippen MR) is 79.5 cm³/mol. The lowest BCUT2D eigenvalue weighted by molar-refractivity contribution is 0.430. The molecule has 2 nitrogen and oxygen atoms in total. The third-order valence-electron chi connectivity index (χ3n) is 3.72. The number of hydrogen-bond donors (Lipinski definition) is 1. The van der Waals surface area contributed by atoms with E-state index in [-0.39, 0.29) is 0 Å². The maximum absolute atomic E-state index is 5.92. The summed E-state index contributed by atoms with van der Waals surface area (Å²) in [6.45, 7) is 7.87. The number of hydrogen-bond acceptors (Lipinski definition) is 2. The minimum atomic E-state index is 0.630. The molecule has 1 heterocycles. The van der Waals surface area contributed by atoms with Crippen LogP contribution in [0.4, 0.5) is 5.69 Å². The van der Waals surface area contributed by atoms with Gasteiger partial charge < -0.3 is 10.2 Å². The van der Waals surface area contributed by atoms with Crippen molar-refractivity contribution in [2.45, 2.75) is 32.7 Å². The Morgan fingerprint density at radius 3 is 2.78 bits per heavy atom. The third-order valence-corrected chi connectivity index (χ3v) is 3.97. The minimum absolute atomic E-state index is 0.630. The first kappa shape index (κ1) is 13.7. The summed E-state index contributed by atoms with van der Waals surface area (Å²) < 4.78 is 0. The van der Waals surface area contributed by atoms with E-state index < -0.39 is 0 Å². The standard InChI is InChI=1S/C15H23ClN2/c1-3-17-12(2)10-13-8-9-18(11-13)15-6-4-14(16)5-7-15/h4-7,12-13,17H,3,8-11H2,1-2H3. The number of benzene rings is 1. The Hall–Kier alpha value is -0.730. The molecule has 100 valence electrons. The summed E-state index contributed by atoms with van der Waals surface area (Å²) in [4.78, 5) is 2.47. The van der Waals surface area contributed by atoms with Crippen molar-refractivity contribution in [3.05, 3.63) is 29.3 Å². The molecular formula is C15H23ClN2. The van der Waals surface area contributed by atoms with E-state index in [1.54, 1.807) is 0 Å². The first-order valence-electron chi connectivity index (χ1n) is 6.93. The van der Waals surface area contributed by atoms with Crippen molar-refractivity contribution >= 4 is 17.3 Å². The van der Waals surface area contributed by atoms with E-state index in [0.29, 0.717) is 6.04 Å². The van der Waals surface area contributed by atoms with Gasteiger partial charge in [0.1, 0.15) is 0 Å². The average molecular weight is 267 g/mol. The van der Waals surface area contributed by atoms with Gasteiger partial charge in [-0.25, -0.2) is 0 Å². The highest BCUT2D eigenvalue weighted by Gasteiger charge is 2.23. The number of anilines is 1. The summed E-state index contributed by atoms with van der Waals surface area (Å²) in [6, 6.07) is 8.83. The second kappa shape index (κ2) is 6.44. The molecule has 1 N–H and O–H groups in total. The monoisotopic (exact) mass is 266 g/mol. The molecule has 2 atom stereocenters.